The van der Waals surface area contributed by atoms with Gasteiger partial charge in [-0.3, -0.25) is 4.98 Å². The van der Waals surface area contributed by atoms with Crippen LogP contribution >= 0.6 is 0 Å². The van der Waals surface area contributed by atoms with E-state index in [1.54, 1.807) is 0 Å². The lowest BCUT2D eigenvalue weighted by atomic mass is 9.69. The van der Waals surface area contributed by atoms with E-state index in [2.05, 4.69) is 27.3 Å². The molecule has 3 aliphatic rings. The lowest BCUT2D eigenvalue weighted by Gasteiger charge is -2.38. The summed E-state index contributed by atoms with van der Waals surface area (Å²) in [6.07, 6.45) is 7.09. The maximum absolute atomic E-state index is 12.3. The van der Waals surface area contributed by atoms with E-state index in [9.17, 15) is 21.6 Å². The number of alkyl halides is 3. The Morgan fingerprint density at radius 1 is 1.15 bits per heavy atom. The van der Waals surface area contributed by atoms with Crippen LogP contribution in [0.3, 0.4) is 0 Å². The van der Waals surface area contributed by atoms with Crippen LogP contribution in [-0.2, 0) is 20.0 Å². The van der Waals surface area contributed by atoms with Gasteiger partial charge in [0.1, 0.15) is 17.5 Å². The van der Waals surface area contributed by atoms with E-state index >= 15 is 0 Å². The molecule has 9 nitrogen and oxygen atoms in total. The number of anilines is 2. The quantitative estimate of drug-likeness (QED) is 0.503. The van der Waals surface area contributed by atoms with Gasteiger partial charge in [-0.15, -0.1) is 0 Å². The summed E-state index contributed by atoms with van der Waals surface area (Å²) in [6.45, 7) is 4.05. The summed E-state index contributed by atoms with van der Waals surface area (Å²) in [7, 11) is -3.00. The molecule has 1 aliphatic heterocycles. The van der Waals surface area contributed by atoms with Crippen LogP contribution in [0.25, 0.3) is 0 Å². The molecule has 2 aliphatic carbocycles. The number of pyridine rings is 1. The molecule has 0 bridgehead atoms. The minimum absolute atomic E-state index is 0.0884. The Hall–Kier alpha value is -2.96. The molecule has 40 heavy (non-hydrogen) atoms. The molecule has 3 fully saturated rings. The van der Waals surface area contributed by atoms with Gasteiger partial charge in [0, 0.05) is 49.4 Å². The molecule has 0 radical (unpaired) electrons. The minimum Gasteiger partial charge on any atom is -0.475 e. The molecule has 2 saturated carbocycles. The van der Waals surface area contributed by atoms with Gasteiger partial charge in [-0.05, 0) is 49.3 Å². The first-order valence-corrected chi connectivity index (χ1v) is 15.5. The fourth-order valence-electron chi connectivity index (χ4n) is 5.48. The van der Waals surface area contributed by atoms with Crippen molar-refractivity contribution in [3.63, 3.8) is 0 Å². The van der Waals surface area contributed by atoms with E-state index in [-0.39, 0.29) is 22.8 Å². The van der Waals surface area contributed by atoms with Gasteiger partial charge >= 0.3 is 12.1 Å². The Balaban J connectivity index is 0.000000470. The second-order valence-corrected chi connectivity index (χ2v) is 13.4. The number of hydrogen-bond acceptors (Lipinski definition) is 8. The number of nitrogens with zero attached hydrogens (tertiary/aromatic N) is 4. The highest BCUT2D eigenvalue weighted by molar-refractivity contribution is 7.91. The molecule has 1 saturated heterocycles. The normalized spacial score (nSPS) is 22.4. The van der Waals surface area contributed by atoms with E-state index in [0.717, 1.165) is 36.8 Å². The lowest BCUT2D eigenvalue weighted by molar-refractivity contribution is -0.192. The van der Waals surface area contributed by atoms with Crippen LogP contribution in [0.5, 0.6) is 0 Å². The summed E-state index contributed by atoms with van der Waals surface area (Å²) in [5.74, 6) is 0.829. The number of sulfone groups is 1. The predicted molar refractivity (Wildman–Crippen MR) is 145 cm³/mol. The third-order valence-electron chi connectivity index (χ3n) is 7.69. The number of rotatable bonds is 6. The summed E-state index contributed by atoms with van der Waals surface area (Å²) >= 11 is 0. The van der Waals surface area contributed by atoms with Crippen molar-refractivity contribution in [3.05, 3.63) is 42.0 Å². The maximum atomic E-state index is 12.3. The van der Waals surface area contributed by atoms with Crippen molar-refractivity contribution in [1.82, 2.24) is 15.0 Å². The number of carboxylic acid groups (broad SMARTS) is 1. The second-order valence-electron chi connectivity index (χ2n) is 11.1. The summed E-state index contributed by atoms with van der Waals surface area (Å²) in [5, 5.41) is 10.8. The molecule has 1 unspecified atom stereocenters. The van der Waals surface area contributed by atoms with E-state index in [0.29, 0.717) is 19.0 Å². The third kappa shape index (κ3) is 8.05. The molecule has 2 N–H and O–H groups in total. The van der Waals surface area contributed by atoms with Crippen molar-refractivity contribution in [2.75, 3.05) is 41.4 Å². The van der Waals surface area contributed by atoms with Gasteiger partial charge in [0.2, 0.25) is 0 Å². The number of aromatic nitrogens is 3. The highest BCUT2D eigenvalue weighted by Crippen LogP contribution is 2.41. The molecule has 5 rings (SSSR count). The van der Waals surface area contributed by atoms with Crippen LogP contribution in [0.4, 0.5) is 24.8 Å². The van der Waals surface area contributed by atoms with Crippen LogP contribution in [0, 0.1) is 5.92 Å². The standard InChI is InChI=1S/C25H35N5O2S.C2HF3O2/c1-19-16-30(13-14-33(31,32)17-19)23-15-22(28-24(29-23)20-5-6-20)27-18-25(9-3-2-4-10-25)21-7-11-26-12-8-21;3-2(4,5)1(6)7/h7-8,11-12,15,19-20H,2-6,9-10,13-14,16-18H2,1H3,(H,27,28,29);(H,6,7). The first kappa shape index (κ1) is 30.0. The van der Waals surface area contributed by atoms with E-state index in [1.807, 2.05) is 25.4 Å². The number of hydrogen-bond donors (Lipinski definition) is 2. The zero-order chi connectivity index (χ0) is 29.0. The number of halogens is 3. The van der Waals surface area contributed by atoms with Crippen LogP contribution < -0.4 is 10.2 Å². The molecular weight excluding hydrogens is 547 g/mol. The number of carbonyl (C=O) groups is 1. The zero-order valence-corrected chi connectivity index (χ0v) is 23.3. The van der Waals surface area contributed by atoms with Gasteiger partial charge in [-0.2, -0.15) is 13.2 Å². The molecule has 220 valence electrons. The Morgan fingerprint density at radius 3 is 2.40 bits per heavy atom. The van der Waals surface area contributed by atoms with Gasteiger partial charge in [0.05, 0.1) is 11.5 Å². The Bertz CT molecular complexity index is 1270. The maximum Gasteiger partial charge on any atom is 0.490 e. The third-order valence-corrected chi connectivity index (χ3v) is 9.57. The Kier molecular flexibility index (Phi) is 9.21. The van der Waals surface area contributed by atoms with Crippen LogP contribution in [0.2, 0.25) is 0 Å². The zero-order valence-electron chi connectivity index (χ0n) is 22.5. The molecule has 0 spiro atoms. The Labute approximate surface area is 232 Å². The van der Waals surface area contributed by atoms with Crippen LogP contribution in [-0.4, -0.2) is 71.8 Å². The average molecular weight is 584 g/mol. The van der Waals surface area contributed by atoms with Crippen molar-refractivity contribution in [1.29, 1.82) is 0 Å². The topological polar surface area (TPSA) is 125 Å². The van der Waals surface area contributed by atoms with Crippen molar-refractivity contribution < 1.29 is 31.5 Å². The van der Waals surface area contributed by atoms with Gasteiger partial charge < -0.3 is 15.3 Å². The van der Waals surface area contributed by atoms with Crippen LogP contribution in [0.1, 0.15) is 69.2 Å². The van der Waals surface area contributed by atoms with E-state index in [1.165, 1.54) is 37.7 Å². The molecule has 3 heterocycles. The summed E-state index contributed by atoms with van der Waals surface area (Å²) in [6, 6.07) is 6.35. The van der Waals surface area contributed by atoms with E-state index < -0.39 is 22.0 Å². The minimum atomic E-state index is -5.08. The predicted octanol–water partition coefficient (Wildman–Crippen LogP) is 4.57. The molecule has 1 atom stereocenters. The molecular formula is C27H36F3N5O4S. The molecule has 13 heteroatoms. The molecule has 0 aromatic carbocycles. The van der Waals surface area contributed by atoms with Crippen molar-refractivity contribution in [2.24, 2.45) is 5.92 Å². The first-order valence-electron chi connectivity index (χ1n) is 13.7. The number of nitrogens with one attached hydrogen (secondary N) is 1. The van der Waals surface area contributed by atoms with Crippen molar-refractivity contribution >= 4 is 27.4 Å². The number of carboxylic acids is 1. The highest BCUT2D eigenvalue weighted by Gasteiger charge is 2.38. The van der Waals surface area contributed by atoms with Gasteiger partial charge in [0.25, 0.3) is 0 Å². The fraction of sp³-hybridized carbons (Fsp3) is 0.630. The SMILES string of the molecule is CC1CN(c2cc(NCC3(c4ccncc4)CCCCC3)nc(C3CC3)n2)CCS(=O)(=O)C1.O=C(O)C(F)(F)F. The number of aliphatic carboxylic acids is 1. The van der Waals surface area contributed by atoms with Crippen LogP contribution in [0.15, 0.2) is 30.6 Å². The summed E-state index contributed by atoms with van der Waals surface area (Å²) < 4.78 is 56.3. The fourth-order valence-corrected chi connectivity index (χ4v) is 7.12. The van der Waals surface area contributed by atoms with E-state index in [4.69, 9.17) is 19.9 Å². The largest absolute Gasteiger partial charge is 0.490 e. The Morgan fingerprint density at radius 2 is 1.80 bits per heavy atom. The highest BCUT2D eigenvalue weighted by atomic mass is 32.2. The smallest absolute Gasteiger partial charge is 0.475 e. The summed E-state index contributed by atoms with van der Waals surface area (Å²) in [4.78, 5) is 25.0. The van der Waals surface area contributed by atoms with Crippen molar-refractivity contribution in [2.45, 2.75) is 69.4 Å². The van der Waals surface area contributed by atoms with Gasteiger partial charge in [0.15, 0.2) is 9.84 Å². The molecule has 2 aromatic rings. The molecule has 2 aromatic heterocycles. The lowest BCUT2D eigenvalue weighted by Crippen LogP contribution is -2.37. The monoisotopic (exact) mass is 583 g/mol. The van der Waals surface area contributed by atoms with Crippen molar-refractivity contribution in [3.8, 4) is 0 Å². The second kappa shape index (κ2) is 12.3. The van der Waals surface area contributed by atoms with Gasteiger partial charge in [-0.25, -0.2) is 23.2 Å². The van der Waals surface area contributed by atoms with Gasteiger partial charge in [-0.1, -0.05) is 26.2 Å². The summed E-state index contributed by atoms with van der Waals surface area (Å²) in [5.41, 5.74) is 1.45. The molecule has 0 amide bonds. The average Bonchev–Trinajstić information content (AvgIpc) is 3.77. The first-order chi connectivity index (χ1) is 18.9.